The number of Topliss-reactive ketones (excluding diaryl/α,β-unsaturated/α-hetero) is 1. The van der Waals surface area contributed by atoms with E-state index in [1.165, 1.54) is 14.0 Å². The molecular weight excluding hydrogens is 174 g/mol. The van der Waals surface area contributed by atoms with Crippen LogP contribution in [0.25, 0.3) is 0 Å². The van der Waals surface area contributed by atoms with Crippen LogP contribution in [0.4, 0.5) is 0 Å². The Labute approximate surface area is 76.6 Å². The number of carbonyl (C=O) groups is 1. The first-order valence-corrected chi connectivity index (χ1v) is 4.00. The predicted octanol–water partition coefficient (Wildman–Crippen LogP) is 0.341. The van der Waals surface area contributed by atoms with Crippen molar-refractivity contribution in [2.45, 2.75) is 19.6 Å². The van der Waals surface area contributed by atoms with E-state index in [0.29, 0.717) is 13.2 Å². The molecule has 0 saturated carbocycles. The van der Waals surface area contributed by atoms with Gasteiger partial charge in [-0.15, -0.1) is 0 Å². The molecule has 5 heteroatoms. The zero-order valence-corrected chi connectivity index (χ0v) is 7.99. The summed E-state index contributed by atoms with van der Waals surface area (Å²) in [4.78, 5) is 15.7. The molecule has 1 saturated heterocycles. The van der Waals surface area contributed by atoms with Gasteiger partial charge in [0.2, 0.25) is 5.79 Å². The maximum atomic E-state index is 11.2. The van der Waals surface area contributed by atoms with Crippen molar-refractivity contribution in [1.29, 1.82) is 0 Å². The average molecular weight is 187 g/mol. The number of hydrogen-bond donors (Lipinski definition) is 0. The molecule has 0 unspecified atom stereocenters. The van der Waals surface area contributed by atoms with Crippen molar-refractivity contribution in [3.8, 4) is 0 Å². The summed E-state index contributed by atoms with van der Waals surface area (Å²) in [5.41, 5.74) is 0.160. The second-order valence-electron chi connectivity index (χ2n) is 2.82. The highest BCUT2D eigenvalue weighted by Crippen LogP contribution is 2.21. The van der Waals surface area contributed by atoms with E-state index >= 15 is 0 Å². The van der Waals surface area contributed by atoms with Gasteiger partial charge >= 0.3 is 0 Å². The zero-order valence-electron chi connectivity index (χ0n) is 7.99. The molecular formula is C8H13NO4. The van der Waals surface area contributed by atoms with Crippen molar-refractivity contribution >= 4 is 11.5 Å². The SMILES string of the molecule is CO/N=C(/C(C)=O)C1(C)OCCO1. The highest BCUT2D eigenvalue weighted by Gasteiger charge is 2.40. The van der Waals surface area contributed by atoms with Gasteiger partial charge in [-0.05, 0) is 6.92 Å². The van der Waals surface area contributed by atoms with Gasteiger partial charge in [-0.2, -0.15) is 0 Å². The molecule has 0 aromatic carbocycles. The maximum absolute atomic E-state index is 11.2. The molecule has 0 aromatic heterocycles. The van der Waals surface area contributed by atoms with Crippen molar-refractivity contribution in [2.24, 2.45) is 5.16 Å². The van der Waals surface area contributed by atoms with E-state index in [9.17, 15) is 4.79 Å². The molecule has 0 spiro atoms. The first-order chi connectivity index (χ1) is 6.10. The van der Waals surface area contributed by atoms with Crippen LogP contribution in [-0.4, -0.2) is 37.6 Å². The molecule has 0 radical (unpaired) electrons. The maximum Gasteiger partial charge on any atom is 0.216 e. The molecule has 5 nitrogen and oxygen atoms in total. The van der Waals surface area contributed by atoms with Crippen molar-refractivity contribution in [2.75, 3.05) is 20.3 Å². The third-order valence-electron chi connectivity index (χ3n) is 1.78. The second kappa shape index (κ2) is 3.85. The molecule has 0 aliphatic carbocycles. The van der Waals surface area contributed by atoms with Crippen LogP contribution in [0, 0.1) is 0 Å². The van der Waals surface area contributed by atoms with Crippen LogP contribution in [0.15, 0.2) is 5.16 Å². The number of ether oxygens (including phenoxy) is 2. The Morgan fingerprint density at radius 2 is 2.00 bits per heavy atom. The van der Waals surface area contributed by atoms with E-state index in [1.807, 2.05) is 0 Å². The van der Waals surface area contributed by atoms with Gasteiger partial charge in [-0.1, -0.05) is 5.16 Å². The van der Waals surface area contributed by atoms with Crippen LogP contribution in [0.1, 0.15) is 13.8 Å². The first kappa shape index (κ1) is 10.1. The van der Waals surface area contributed by atoms with Crippen LogP contribution >= 0.6 is 0 Å². The first-order valence-electron chi connectivity index (χ1n) is 4.00. The van der Waals surface area contributed by atoms with Gasteiger partial charge < -0.3 is 14.3 Å². The summed E-state index contributed by atoms with van der Waals surface area (Å²) in [6.07, 6.45) is 0. The van der Waals surface area contributed by atoms with Crippen molar-refractivity contribution in [3.05, 3.63) is 0 Å². The van der Waals surface area contributed by atoms with Gasteiger partial charge in [-0.3, -0.25) is 4.79 Å². The number of ketones is 1. The Hall–Kier alpha value is -0.940. The molecule has 0 amide bonds. The molecule has 0 aromatic rings. The summed E-state index contributed by atoms with van der Waals surface area (Å²) in [6.45, 7) is 3.98. The number of nitrogens with zero attached hydrogens (tertiary/aromatic N) is 1. The van der Waals surface area contributed by atoms with E-state index < -0.39 is 5.79 Å². The summed E-state index contributed by atoms with van der Waals surface area (Å²) in [6, 6.07) is 0. The average Bonchev–Trinajstić information content (AvgIpc) is 2.48. The lowest BCUT2D eigenvalue weighted by Crippen LogP contribution is -2.40. The summed E-state index contributed by atoms with van der Waals surface area (Å²) < 4.78 is 10.5. The molecule has 1 fully saturated rings. The van der Waals surface area contributed by atoms with E-state index in [2.05, 4.69) is 9.99 Å². The fraction of sp³-hybridized carbons (Fsp3) is 0.750. The quantitative estimate of drug-likeness (QED) is 0.472. The second-order valence-corrected chi connectivity index (χ2v) is 2.82. The van der Waals surface area contributed by atoms with Gasteiger partial charge in [-0.25, -0.2) is 0 Å². The normalized spacial score (nSPS) is 21.6. The molecule has 0 N–H and O–H groups in total. The Kier molecular flexibility index (Phi) is 3.00. The van der Waals surface area contributed by atoms with E-state index in [4.69, 9.17) is 9.47 Å². The van der Waals surface area contributed by atoms with Gasteiger partial charge in [0.25, 0.3) is 0 Å². The Balaban J connectivity index is 2.86. The number of hydrogen-bond acceptors (Lipinski definition) is 5. The number of oxime groups is 1. The highest BCUT2D eigenvalue weighted by atomic mass is 16.7. The van der Waals surface area contributed by atoms with Gasteiger partial charge in [0, 0.05) is 6.92 Å². The molecule has 1 rings (SSSR count). The van der Waals surface area contributed by atoms with Crippen LogP contribution in [0.2, 0.25) is 0 Å². The molecule has 1 aliphatic rings. The Bertz CT molecular complexity index is 230. The molecule has 1 aliphatic heterocycles. The number of rotatable bonds is 3. The lowest BCUT2D eigenvalue weighted by Gasteiger charge is -2.21. The van der Waals surface area contributed by atoms with Gasteiger partial charge in [0.05, 0.1) is 13.2 Å². The van der Waals surface area contributed by atoms with Crippen molar-refractivity contribution in [3.63, 3.8) is 0 Å². The summed E-state index contributed by atoms with van der Waals surface area (Å²) >= 11 is 0. The largest absolute Gasteiger partial charge is 0.399 e. The smallest absolute Gasteiger partial charge is 0.216 e. The van der Waals surface area contributed by atoms with E-state index in [-0.39, 0.29) is 11.5 Å². The van der Waals surface area contributed by atoms with Crippen molar-refractivity contribution in [1.82, 2.24) is 0 Å². The minimum Gasteiger partial charge on any atom is -0.399 e. The monoisotopic (exact) mass is 187 g/mol. The Morgan fingerprint density at radius 1 is 1.46 bits per heavy atom. The highest BCUT2D eigenvalue weighted by molar-refractivity contribution is 6.41. The molecule has 1 heterocycles. The third kappa shape index (κ3) is 2.05. The standard InChI is InChI=1S/C8H13NO4/c1-6(10)7(9-11-3)8(2)12-4-5-13-8/h4-5H2,1-3H3/b9-7-. The van der Waals surface area contributed by atoms with Crippen LogP contribution < -0.4 is 0 Å². The zero-order chi connectivity index (χ0) is 9.90. The Morgan fingerprint density at radius 3 is 2.38 bits per heavy atom. The van der Waals surface area contributed by atoms with E-state index in [0.717, 1.165) is 0 Å². The number of carbonyl (C=O) groups excluding carboxylic acids is 1. The topological polar surface area (TPSA) is 57.1 Å². The lowest BCUT2D eigenvalue weighted by atomic mass is 10.1. The van der Waals surface area contributed by atoms with Crippen molar-refractivity contribution < 1.29 is 19.1 Å². The van der Waals surface area contributed by atoms with Gasteiger partial charge in [0.15, 0.2) is 11.5 Å². The summed E-state index contributed by atoms with van der Waals surface area (Å²) in [5.74, 6) is -1.26. The summed E-state index contributed by atoms with van der Waals surface area (Å²) in [5, 5.41) is 3.59. The van der Waals surface area contributed by atoms with Crippen LogP contribution in [0.3, 0.4) is 0 Å². The molecule has 74 valence electrons. The van der Waals surface area contributed by atoms with Gasteiger partial charge in [0.1, 0.15) is 7.11 Å². The fourth-order valence-corrected chi connectivity index (χ4v) is 1.21. The van der Waals surface area contributed by atoms with Crippen LogP contribution in [0.5, 0.6) is 0 Å². The lowest BCUT2D eigenvalue weighted by molar-refractivity contribution is -0.118. The molecule has 0 bridgehead atoms. The van der Waals surface area contributed by atoms with E-state index in [1.54, 1.807) is 6.92 Å². The minimum absolute atomic E-state index is 0.160. The molecule has 13 heavy (non-hydrogen) atoms. The fourth-order valence-electron chi connectivity index (χ4n) is 1.21. The summed E-state index contributed by atoms with van der Waals surface area (Å²) in [7, 11) is 1.38. The minimum atomic E-state index is -1.04. The molecule has 0 atom stereocenters. The predicted molar refractivity (Wildman–Crippen MR) is 45.4 cm³/mol. The third-order valence-corrected chi connectivity index (χ3v) is 1.78. The van der Waals surface area contributed by atoms with Crippen LogP contribution in [-0.2, 0) is 19.1 Å².